The zero-order valence-electron chi connectivity index (χ0n) is 10.8. The van der Waals surface area contributed by atoms with Crippen LogP contribution < -0.4 is 16.2 Å². The lowest BCUT2D eigenvalue weighted by Crippen LogP contribution is -2.50. The Balaban J connectivity index is 1.80. The van der Waals surface area contributed by atoms with Gasteiger partial charge in [-0.1, -0.05) is 0 Å². The molecule has 3 rings (SSSR count). The molecule has 0 radical (unpaired) electrons. The van der Waals surface area contributed by atoms with Gasteiger partial charge in [-0.25, -0.2) is 15.8 Å². The number of aryl methyl sites for hydroxylation is 1. The molecule has 0 saturated carbocycles. The van der Waals surface area contributed by atoms with Gasteiger partial charge in [-0.05, 0) is 26.3 Å². The molecule has 98 valence electrons. The summed E-state index contributed by atoms with van der Waals surface area (Å²) in [5.74, 6) is 7.87. The van der Waals surface area contributed by atoms with Gasteiger partial charge in [-0.3, -0.25) is 4.90 Å². The second-order valence-corrected chi connectivity index (χ2v) is 5.08. The van der Waals surface area contributed by atoms with E-state index in [0.29, 0.717) is 11.9 Å². The van der Waals surface area contributed by atoms with Gasteiger partial charge >= 0.3 is 0 Å². The molecule has 0 amide bonds. The van der Waals surface area contributed by atoms with Crippen LogP contribution in [0.3, 0.4) is 0 Å². The van der Waals surface area contributed by atoms with Crippen molar-refractivity contribution in [2.24, 2.45) is 5.84 Å². The van der Waals surface area contributed by atoms with E-state index in [-0.39, 0.29) is 0 Å². The molecule has 3 heterocycles. The lowest BCUT2D eigenvalue weighted by atomic mass is 10.1. The van der Waals surface area contributed by atoms with Crippen LogP contribution in [0, 0.1) is 6.92 Å². The maximum absolute atomic E-state index is 5.44. The average molecular weight is 248 g/mol. The molecule has 1 unspecified atom stereocenters. The van der Waals surface area contributed by atoms with E-state index in [1.54, 1.807) is 0 Å². The Kier molecular flexibility index (Phi) is 3.05. The summed E-state index contributed by atoms with van der Waals surface area (Å²) in [6, 6.07) is 2.63. The van der Waals surface area contributed by atoms with Crippen molar-refractivity contribution in [2.75, 3.05) is 36.5 Å². The van der Waals surface area contributed by atoms with Crippen LogP contribution in [0.25, 0.3) is 0 Å². The summed E-state index contributed by atoms with van der Waals surface area (Å²) in [4.78, 5) is 13.7. The van der Waals surface area contributed by atoms with Gasteiger partial charge in [0.05, 0.1) is 0 Å². The number of nitrogens with two attached hydrogens (primary N) is 1. The number of rotatable bonds is 2. The third kappa shape index (κ3) is 2.13. The highest BCUT2D eigenvalue weighted by Crippen LogP contribution is 2.25. The van der Waals surface area contributed by atoms with Crippen molar-refractivity contribution in [2.45, 2.75) is 25.8 Å². The quantitative estimate of drug-likeness (QED) is 0.581. The molecule has 2 fully saturated rings. The van der Waals surface area contributed by atoms with E-state index in [1.807, 2.05) is 13.0 Å². The van der Waals surface area contributed by atoms with Crippen LogP contribution in [-0.4, -0.2) is 47.1 Å². The number of aromatic nitrogens is 2. The number of piperazine rings is 1. The molecule has 0 aliphatic carbocycles. The van der Waals surface area contributed by atoms with Crippen LogP contribution in [0.1, 0.15) is 18.7 Å². The third-order valence-electron chi connectivity index (χ3n) is 3.88. The van der Waals surface area contributed by atoms with Gasteiger partial charge < -0.3 is 10.3 Å². The Labute approximate surface area is 107 Å². The van der Waals surface area contributed by atoms with Crippen molar-refractivity contribution in [1.82, 2.24) is 14.9 Å². The van der Waals surface area contributed by atoms with E-state index >= 15 is 0 Å². The van der Waals surface area contributed by atoms with E-state index in [0.717, 1.165) is 31.3 Å². The molecule has 2 aliphatic rings. The number of hydrogen-bond acceptors (Lipinski definition) is 6. The van der Waals surface area contributed by atoms with Crippen molar-refractivity contribution in [3.05, 3.63) is 11.9 Å². The summed E-state index contributed by atoms with van der Waals surface area (Å²) in [6.45, 7) is 6.41. The van der Waals surface area contributed by atoms with Gasteiger partial charge in [0.2, 0.25) is 0 Å². The van der Waals surface area contributed by atoms with Crippen LogP contribution in [0.15, 0.2) is 6.07 Å². The molecule has 2 aliphatic heterocycles. The Morgan fingerprint density at radius 3 is 3.06 bits per heavy atom. The molecule has 0 bridgehead atoms. The normalized spacial score (nSPS) is 24.1. The van der Waals surface area contributed by atoms with Crippen LogP contribution in [0.5, 0.6) is 0 Å². The maximum Gasteiger partial charge on any atom is 0.145 e. The highest BCUT2D eigenvalue weighted by molar-refractivity contribution is 5.49. The van der Waals surface area contributed by atoms with Gasteiger partial charge in [0.25, 0.3) is 0 Å². The summed E-state index contributed by atoms with van der Waals surface area (Å²) in [7, 11) is 0. The summed E-state index contributed by atoms with van der Waals surface area (Å²) in [6.07, 6.45) is 2.64. The molecule has 1 aromatic rings. The van der Waals surface area contributed by atoms with Crippen LogP contribution in [-0.2, 0) is 0 Å². The number of hydrogen-bond donors (Lipinski definition) is 2. The first kappa shape index (κ1) is 11.7. The van der Waals surface area contributed by atoms with Gasteiger partial charge in [-0.2, -0.15) is 0 Å². The van der Waals surface area contributed by atoms with Gasteiger partial charge in [0, 0.05) is 31.7 Å². The number of nitrogens with zero attached hydrogens (tertiary/aromatic N) is 4. The van der Waals surface area contributed by atoms with Crippen molar-refractivity contribution in [3.8, 4) is 0 Å². The molecule has 0 spiro atoms. The molecule has 1 aromatic heterocycles. The van der Waals surface area contributed by atoms with Crippen molar-refractivity contribution < 1.29 is 0 Å². The highest BCUT2D eigenvalue weighted by atomic mass is 15.3. The second-order valence-electron chi connectivity index (χ2n) is 5.08. The molecule has 1 atom stereocenters. The minimum absolute atomic E-state index is 0.686. The fourth-order valence-electron chi connectivity index (χ4n) is 2.99. The number of hydrazine groups is 1. The molecular formula is C12H20N6. The van der Waals surface area contributed by atoms with Gasteiger partial charge in [-0.15, -0.1) is 0 Å². The first-order valence-electron chi connectivity index (χ1n) is 6.57. The Morgan fingerprint density at radius 2 is 2.22 bits per heavy atom. The SMILES string of the molecule is Cc1nc(NN)cc(N2CCN3CCCC3C2)n1. The Bertz CT molecular complexity index is 435. The minimum Gasteiger partial charge on any atom is -0.354 e. The Hall–Kier alpha value is -1.40. The number of anilines is 2. The molecule has 6 nitrogen and oxygen atoms in total. The number of nitrogens with one attached hydrogen (secondary N) is 1. The largest absolute Gasteiger partial charge is 0.354 e. The van der Waals surface area contributed by atoms with Gasteiger partial charge in [0.1, 0.15) is 17.5 Å². The van der Waals surface area contributed by atoms with Crippen LogP contribution >= 0.6 is 0 Å². The molecule has 6 heteroatoms. The fraction of sp³-hybridized carbons (Fsp3) is 0.667. The molecule has 3 N–H and O–H groups in total. The second kappa shape index (κ2) is 4.70. The lowest BCUT2D eigenvalue weighted by Gasteiger charge is -2.38. The average Bonchev–Trinajstić information content (AvgIpc) is 2.85. The lowest BCUT2D eigenvalue weighted by molar-refractivity contribution is 0.230. The summed E-state index contributed by atoms with van der Waals surface area (Å²) >= 11 is 0. The first-order chi connectivity index (χ1) is 8.76. The molecule has 18 heavy (non-hydrogen) atoms. The van der Waals surface area contributed by atoms with Crippen molar-refractivity contribution >= 4 is 11.6 Å². The highest BCUT2D eigenvalue weighted by Gasteiger charge is 2.31. The summed E-state index contributed by atoms with van der Waals surface area (Å²) in [5, 5.41) is 0. The smallest absolute Gasteiger partial charge is 0.145 e. The van der Waals surface area contributed by atoms with E-state index in [1.165, 1.54) is 19.4 Å². The predicted molar refractivity (Wildman–Crippen MR) is 71.4 cm³/mol. The summed E-state index contributed by atoms with van der Waals surface area (Å²) < 4.78 is 0. The first-order valence-corrected chi connectivity index (χ1v) is 6.57. The van der Waals surface area contributed by atoms with Gasteiger partial charge in [0.15, 0.2) is 0 Å². The van der Waals surface area contributed by atoms with E-state index in [2.05, 4.69) is 25.2 Å². The Morgan fingerprint density at radius 1 is 1.33 bits per heavy atom. The standard InChI is InChI=1S/C12H20N6/c1-9-14-11(16-13)7-12(15-9)18-6-5-17-4-2-3-10(17)8-18/h7,10H,2-6,8,13H2,1H3,(H,14,15,16). The van der Waals surface area contributed by atoms with E-state index < -0.39 is 0 Å². The maximum atomic E-state index is 5.44. The van der Waals surface area contributed by atoms with Crippen LogP contribution in [0.2, 0.25) is 0 Å². The zero-order chi connectivity index (χ0) is 12.5. The number of nitrogen functional groups attached to an aromatic ring is 1. The van der Waals surface area contributed by atoms with Crippen molar-refractivity contribution in [3.63, 3.8) is 0 Å². The monoisotopic (exact) mass is 248 g/mol. The minimum atomic E-state index is 0.686. The number of fused-ring (bicyclic) bond motifs is 1. The molecular weight excluding hydrogens is 228 g/mol. The van der Waals surface area contributed by atoms with Crippen LogP contribution in [0.4, 0.5) is 11.6 Å². The van der Waals surface area contributed by atoms with Crippen molar-refractivity contribution in [1.29, 1.82) is 0 Å². The predicted octanol–water partition coefficient (Wildman–Crippen LogP) is 0.355. The zero-order valence-corrected chi connectivity index (χ0v) is 10.8. The molecule has 0 aromatic carbocycles. The molecule has 2 saturated heterocycles. The fourth-order valence-corrected chi connectivity index (χ4v) is 2.99. The van der Waals surface area contributed by atoms with E-state index in [4.69, 9.17) is 5.84 Å². The summed E-state index contributed by atoms with van der Waals surface area (Å²) in [5.41, 5.74) is 2.61. The third-order valence-corrected chi connectivity index (χ3v) is 3.88. The van der Waals surface area contributed by atoms with E-state index in [9.17, 15) is 0 Å². The topological polar surface area (TPSA) is 70.3 Å².